The standard InChI is InChI=1S/C15H17FO/c1-3-12-10-14(8-9-15(12)16)17-13-6-4-11(2)5-7-13/h4-6,8-10,13H,3,7H2,1-2H3. The Morgan fingerprint density at radius 2 is 2.24 bits per heavy atom. The summed E-state index contributed by atoms with van der Waals surface area (Å²) in [6.07, 6.45) is 7.87. The highest BCUT2D eigenvalue weighted by Gasteiger charge is 2.10. The lowest BCUT2D eigenvalue weighted by Crippen LogP contribution is -2.14. The third-order valence-electron chi connectivity index (χ3n) is 2.93. The van der Waals surface area contributed by atoms with Gasteiger partial charge in [0.25, 0.3) is 0 Å². The minimum absolute atomic E-state index is 0.0638. The molecule has 1 aliphatic carbocycles. The van der Waals surface area contributed by atoms with Crippen LogP contribution < -0.4 is 4.74 Å². The van der Waals surface area contributed by atoms with Crippen LogP contribution in [0.1, 0.15) is 25.8 Å². The maximum absolute atomic E-state index is 13.3. The van der Waals surface area contributed by atoms with Gasteiger partial charge in [-0.2, -0.15) is 0 Å². The van der Waals surface area contributed by atoms with Gasteiger partial charge in [-0.05, 0) is 43.2 Å². The predicted octanol–water partition coefficient (Wildman–Crippen LogP) is 4.04. The lowest BCUT2D eigenvalue weighted by Gasteiger charge is -2.17. The Labute approximate surface area is 102 Å². The second kappa shape index (κ2) is 5.17. The van der Waals surface area contributed by atoms with E-state index in [1.54, 1.807) is 12.1 Å². The summed E-state index contributed by atoms with van der Waals surface area (Å²) in [4.78, 5) is 0. The largest absolute Gasteiger partial charge is 0.486 e. The lowest BCUT2D eigenvalue weighted by molar-refractivity contribution is 0.250. The molecule has 0 bridgehead atoms. The second-order valence-electron chi connectivity index (χ2n) is 4.31. The number of ether oxygens (including phenoxy) is 1. The highest BCUT2D eigenvalue weighted by molar-refractivity contribution is 5.31. The third kappa shape index (κ3) is 2.96. The summed E-state index contributed by atoms with van der Waals surface area (Å²) in [6.45, 7) is 4.01. The van der Waals surface area contributed by atoms with Gasteiger partial charge in [0.05, 0.1) is 0 Å². The van der Waals surface area contributed by atoms with Crippen molar-refractivity contribution in [2.75, 3.05) is 0 Å². The van der Waals surface area contributed by atoms with Crippen molar-refractivity contribution in [1.82, 2.24) is 0 Å². The minimum Gasteiger partial charge on any atom is -0.486 e. The SMILES string of the molecule is CCc1cc(OC2C=CC(C)=CC2)ccc1F. The molecule has 1 aliphatic rings. The van der Waals surface area contributed by atoms with E-state index in [-0.39, 0.29) is 11.9 Å². The molecule has 1 aromatic rings. The van der Waals surface area contributed by atoms with Crippen LogP contribution in [0.5, 0.6) is 5.75 Å². The average molecular weight is 232 g/mol. The summed E-state index contributed by atoms with van der Waals surface area (Å²) in [6, 6.07) is 4.95. The molecule has 0 aromatic heterocycles. The van der Waals surface area contributed by atoms with Crippen molar-refractivity contribution in [3.05, 3.63) is 53.4 Å². The molecule has 0 spiro atoms. The smallest absolute Gasteiger partial charge is 0.126 e. The van der Waals surface area contributed by atoms with Crippen LogP contribution in [0.3, 0.4) is 0 Å². The maximum Gasteiger partial charge on any atom is 0.126 e. The molecule has 0 saturated carbocycles. The van der Waals surface area contributed by atoms with Crippen molar-refractivity contribution in [3.8, 4) is 5.75 Å². The van der Waals surface area contributed by atoms with Gasteiger partial charge in [0, 0.05) is 6.42 Å². The van der Waals surface area contributed by atoms with Crippen molar-refractivity contribution < 1.29 is 9.13 Å². The Morgan fingerprint density at radius 3 is 2.88 bits per heavy atom. The lowest BCUT2D eigenvalue weighted by atomic mass is 10.1. The van der Waals surface area contributed by atoms with Crippen molar-refractivity contribution in [2.24, 2.45) is 0 Å². The fourth-order valence-electron chi connectivity index (χ4n) is 1.87. The Kier molecular flexibility index (Phi) is 3.62. The van der Waals surface area contributed by atoms with Gasteiger partial charge in [-0.1, -0.05) is 24.6 Å². The molecule has 0 fully saturated rings. The van der Waals surface area contributed by atoms with Gasteiger partial charge in [0.1, 0.15) is 17.7 Å². The van der Waals surface area contributed by atoms with Crippen molar-refractivity contribution in [1.29, 1.82) is 0 Å². The van der Waals surface area contributed by atoms with E-state index in [1.807, 2.05) is 13.0 Å². The topological polar surface area (TPSA) is 9.23 Å². The molecule has 17 heavy (non-hydrogen) atoms. The number of allylic oxidation sites excluding steroid dienone is 2. The molecule has 90 valence electrons. The maximum atomic E-state index is 13.3. The van der Waals surface area contributed by atoms with Crippen LogP contribution in [-0.2, 0) is 6.42 Å². The fraction of sp³-hybridized carbons (Fsp3) is 0.333. The molecule has 0 N–H and O–H groups in total. The first kappa shape index (κ1) is 11.9. The molecular weight excluding hydrogens is 215 g/mol. The number of hydrogen-bond acceptors (Lipinski definition) is 1. The van der Waals surface area contributed by atoms with Crippen molar-refractivity contribution in [3.63, 3.8) is 0 Å². The minimum atomic E-state index is -0.158. The molecule has 0 amide bonds. The quantitative estimate of drug-likeness (QED) is 0.764. The van der Waals surface area contributed by atoms with Crippen molar-refractivity contribution in [2.45, 2.75) is 32.8 Å². The normalized spacial score (nSPS) is 19.0. The van der Waals surface area contributed by atoms with Crippen LogP contribution in [0.25, 0.3) is 0 Å². The summed E-state index contributed by atoms with van der Waals surface area (Å²) < 4.78 is 19.1. The summed E-state index contributed by atoms with van der Waals surface area (Å²) in [7, 11) is 0. The molecule has 1 nitrogen and oxygen atoms in total. The van der Waals surface area contributed by atoms with E-state index in [0.29, 0.717) is 12.0 Å². The van der Waals surface area contributed by atoms with Gasteiger partial charge >= 0.3 is 0 Å². The second-order valence-corrected chi connectivity index (χ2v) is 4.31. The molecule has 0 radical (unpaired) electrons. The number of benzene rings is 1. The van der Waals surface area contributed by atoms with Gasteiger partial charge in [0.15, 0.2) is 0 Å². The molecule has 2 heteroatoms. The summed E-state index contributed by atoms with van der Waals surface area (Å²) in [5.41, 5.74) is 1.97. The van der Waals surface area contributed by atoms with E-state index in [9.17, 15) is 4.39 Å². The molecule has 1 aromatic carbocycles. The zero-order valence-corrected chi connectivity index (χ0v) is 10.2. The first-order chi connectivity index (χ1) is 8.19. The highest BCUT2D eigenvalue weighted by Crippen LogP contribution is 2.21. The van der Waals surface area contributed by atoms with Crippen LogP contribution in [0.15, 0.2) is 42.0 Å². The summed E-state index contributed by atoms with van der Waals surface area (Å²) in [5, 5.41) is 0. The molecular formula is C15H17FO. The van der Waals surface area contributed by atoms with Crippen LogP contribution in [0.4, 0.5) is 4.39 Å². The number of halogens is 1. The molecule has 1 atom stereocenters. The summed E-state index contributed by atoms with van der Waals surface area (Å²) >= 11 is 0. The molecule has 2 rings (SSSR count). The Hall–Kier alpha value is -1.57. The Bertz CT molecular complexity index is 460. The number of hydrogen-bond donors (Lipinski definition) is 0. The number of aryl methyl sites for hydroxylation is 1. The zero-order valence-electron chi connectivity index (χ0n) is 10.2. The summed E-state index contributed by atoms with van der Waals surface area (Å²) in [5.74, 6) is 0.584. The zero-order chi connectivity index (χ0) is 12.3. The molecule has 0 aliphatic heterocycles. The van der Waals surface area contributed by atoms with E-state index in [0.717, 1.165) is 12.2 Å². The molecule has 0 heterocycles. The van der Waals surface area contributed by atoms with E-state index < -0.39 is 0 Å². The predicted molar refractivity (Wildman–Crippen MR) is 67.7 cm³/mol. The van der Waals surface area contributed by atoms with Gasteiger partial charge in [-0.3, -0.25) is 0 Å². The van der Waals surface area contributed by atoms with Crippen molar-refractivity contribution >= 4 is 0 Å². The van der Waals surface area contributed by atoms with Gasteiger partial charge < -0.3 is 4.74 Å². The van der Waals surface area contributed by atoms with Crippen LogP contribution >= 0.6 is 0 Å². The van der Waals surface area contributed by atoms with Crippen LogP contribution in [-0.4, -0.2) is 6.10 Å². The molecule has 1 unspecified atom stereocenters. The van der Waals surface area contributed by atoms with Gasteiger partial charge in [-0.25, -0.2) is 4.39 Å². The number of rotatable bonds is 3. The van der Waals surface area contributed by atoms with E-state index in [1.165, 1.54) is 11.6 Å². The Balaban J connectivity index is 2.07. The van der Waals surface area contributed by atoms with Crippen LogP contribution in [0.2, 0.25) is 0 Å². The van der Waals surface area contributed by atoms with Crippen LogP contribution in [0, 0.1) is 5.82 Å². The first-order valence-corrected chi connectivity index (χ1v) is 5.99. The molecule has 0 saturated heterocycles. The van der Waals surface area contributed by atoms with E-state index >= 15 is 0 Å². The van der Waals surface area contributed by atoms with Gasteiger partial charge in [0.2, 0.25) is 0 Å². The third-order valence-corrected chi connectivity index (χ3v) is 2.93. The highest BCUT2D eigenvalue weighted by atomic mass is 19.1. The van der Waals surface area contributed by atoms with E-state index in [2.05, 4.69) is 19.1 Å². The fourth-order valence-corrected chi connectivity index (χ4v) is 1.87. The monoisotopic (exact) mass is 232 g/mol. The first-order valence-electron chi connectivity index (χ1n) is 5.99. The Morgan fingerprint density at radius 1 is 1.41 bits per heavy atom. The van der Waals surface area contributed by atoms with E-state index in [4.69, 9.17) is 4.74 Å². The average Bonchev–Trinajstić information content (AvgIpc) is 2.34. The van der Waals surface area contributed by atoms with Gasteiger partial charge in [-0.15, -0.1) is 0 Å².